The number of hydrogen-bond donors (Lipinski definition) is 1. The third kappa shape index (κ3) is 3.63. The first-order chi connectivity index (χ1) is 13.2. The average molecular weight is 445 g/mol. The summed E-state index contributed by atoms with van der Waals surface area (Å²) >= 11 is 7.40. The number of carbonyl (C=O) groups is 3. The molecule has 1 N–H and O–H groups in total. The summed E-state index contributed by atoms with van der Waals surface area (Å²) in [5, 5.41) is 14.7. The monoisotopic (exact) mass is 444 g/mol. The first-order valence-corrected chi connectivity index (χ1v) is 10.7. The third-order valence-corrected chi connectivity index (χ3v) is 8.06. The maximum atomic E-state index is 13.3. The SMILES string of the molecule is CC1(C)SC2C(NC(=O)C3(c4ccc(Cl)cc4)CCCC3)C(=O)N2C1C(=O)[O-].[Na+]. The summed E-state index contributed by atoms with van der Waals surface area (Å²) in [5.74, 6) is -1.78. The minimum atomic E-state index is -1.26. The Balaban J connectivity index is 0.00000240. The van der Waals surface area contributed by atoms with E-state index in [0.29, 0.717) is 5.02 Å². The molecule has 3 atom stereocenters. The molecule has 3 aliphatic rings. The number of thioether (sulfide) groups is 1. The second kappa shape index (κ2) is 8.08. The molecule has 2 heterocycles. The molecule has 150 valence electrons. The molecule has 4 rings (SSSR count). The van der Waals surface area contributed by atoms with Gasteiger partial charge in [-0.15, -0.1) is 11.8 Å². The van der Waals surface area contributed by atoms with Gasteiger partial charge in [-0.2, -0.15) is 0 Å². The Morgan fingerprint density at radius 1 is 1.21 bits per heavy atom. The molecule has 3 fully saturated rings. The molecule has 1 aromatic rings. The minimum Gasteiger partial charge on any atom is -0.548 e. The van der Waals surface area contributed by atoms with E-state index in [4.69, 9.17) is 11.6 Å². The molecule has 0 aromatic heterocycles. The second-order valence-corrected chi connectivity index (χ2v) is 10.5. The van der Waals surface area contributed by atoms with Crippen LogP contribution in [0, 0.1) is 0 Å². The van der Waals surface area contributed by atoms with Gasteiger partial charge in [-0.3, -0.25) is 9.59 Å². The van der Waals surface area contributed by atoms with Crippen molar-refractivity contribution < 1.29 is 49.0 Å². The molecule has 6 nitrogen and oxygen atoms in total. The summed E-state index contributed by atoms with van der Waals surface area (Å²) in [5.41, 5.74) is 0.236. The summed E-state index contributed by atoms with van der Waals surface area (Å²) in [4.78, 5) is 38.9. The summed E-state index contributed by atoms with van der Waals surface area (Å²) in [6.07, 6.45) is 3.32. The Morgan fingerprint density at radius 2 is 1.79 bits per heavy atom. The zero-order chi connectivity index (χ0) is 20.3. The van der Waals surface area contributed by atoms with Crippen LogP contribution >= 0.6 is 23.4 Å². The minimum absolute atomic E-state index is 0. The number of halogens is 1. The molecule has 0 radical (unpaired) electrons. The Labute approximate surface area is 201 Å². The normalized spacial score (nSPS) is 28.9. The van der Waals surface area contributed by atoms with E-state index in [1.54, 1.807) is 26.0 Å². The van der Waals surface area contributed by atoms with Crippen LogP contribution < -0.4 is 40.0 Å². The van der Waals surface area contributed by atoms with Crippen molar-refractivity contribution >= 4 is 41.1 Å². The Hall–Kier alpha value is -0.730. The number of β-lactam (4-membered cyclic amide) rings is 1. The number of rotatable bonds is 4. The maximum Gasteiger partial charge on any atom is 1.00 e. The van der Waals surface area contributed by atoms with E-state index in [0.717, 1.165) is 31.2 Å². The number of hydrogen-bond acceptors (Lipinski definition) is 5. The van der Waals surface area contributed by atoms with Crippen LogP contribution in [0.1, 0.15) is 45.1 Å². The van der Waals surface area contributed by atoms with Gasteiger partial charge in [0.2, 0.25) is 11.8 Å². The Bertz CT molecular complexity index is 841. The third-order valence-electron chi connectivity index (χ3n) is 6.24. The first kappa shape index (κ1) is 22.9. The molecule has 0 bridgehead atoms. The van der Waals surface area contributed by atoms with E-state index >= 15 is 0 Å². The Morgan fingerprint density at radius 3 is 2.34 bits per heavy atom. The molecule has 1 aliphatic carbocycles. The summed E-state index contributed by atoms with van der Waals surface area (Å²) in [6.45, 7) is 3.57. The van der Waals surface area contributed by atoms with Crippen molar-refractivity contribution in [2.75, 3.05) is 0 Å². The number of carboxylic acid groups (broad SMARTS) is 1. The van der Waals surface area contributed by atoms with Crippen molar-refractivity contribution in [2.24, 2.45) is 0 Å². The largest absolute Gasteiger partial charge is 1.00 e. The molecule has 2 saturated heterocycles. The van der Waals surface area contributed by atoms with Gasteiger partial charge >= 0.3 is 29.6 Å². The van der Waals surface area contributed by atoms with Crippen LogP contribution in [-0.2, 0) is 19.8 Å². The van der Waals surface area contributed by atoms with Gasteiger partial charge in [-0.1, -0.05) is 36.6 Å². The average Bonchev–Trinajstić information content (AvgIpc) is 3.22. The second-order valence-electron chi connectivity index (χ2n) is 8.33. The summed E-state index contributed by atoms with van der Waals surface area (Å²) < 4.78 is -0.667. The van der Waals surface area contributed by atoms with Gasteiger partial charge in [-0.25, -0.2) is 0 Å². The van der Waals surface area contributed by atoms with Gasteiger partial charge in [0.25, 0.3) is 0 Å². The zero-order valence-electron chi connectivity index (χ0n) is 16.7. The van der Waals surface area contributed by atoms with Crippen molar-refractivity contribution in [2.45, 2.75) is 67.2 Å². The molecule has 2 aliphatic heterocycles. The van der Waals surface area contributed by atoms with E-state index < -0.39 is 28.2 Å². The molecular weight excluding hydrogens is 423 g/mol. The number of benzene rings is 1. The summed E-state index contributed by atoms with van der Waals surface area (Å²) in [6, 6.07) is 5.62. The molecular formula is C20H22ClN2NaO4S. The number of carbonyl (C=O) groups excluding carboxylic acids is 3. The van der Waals surface area contributed by atoms with Crippen molar-refractivity contribution in [3.05, 3.63) is 34.9 Å². The molecule has 9 heteroatoms. The zero-order valence-corrected chi connectivity index (χ0v) is 20.3. The number of aliphatic carboxylic acids is 1. The van der Waals surface area contributed by atoms with Crippen LogP contribution in [0.15, 0.2) is 24.3 Å². The van der Waals surface area contributed by atoms with E-state index in [2.05, 4.69) is 5.32 Å². The van der Waals surface area contributed by atoms with Crippen LogP contribution in [0.5, 0.6) is 0 Å². The molecule has 29 heavy (non-hydrogen) atoms. The fourth-order valence-corrected chi connectivity index (χ4v) is 6.55. The topological polar surface area (TPSA) is 89.5 Å². The predicted octanol–water partition coefficient (Wildman–Crippen LogP) is -1.55. The van der Waals surface area contributed by atoms with Crippen LogP contribution in [-0.4, -0.2) is 44.9 Å². The van der Waals surface area contributed by atoms with E-state index in [1.807, 2.05) is 12.1 Å². The van der Waals surface area contributed by atoms with Crippen LogP contribution in [0.2, 0.25) is 5.02 Å². The van der Waals surface area contributed by atoms with Crippen molar-refractivity contribution in [3.63, 3.8) is 0 Å². The smallest absolute Gasteiger partial charge is 0.548 e. The summed E-state index contributed by atoms with van der Waals surface area (Å²) in [7, 11) is 0. The fourth-order valence-electron chi connectivity index (χ4n) is 4.80. The number of nitrogens with one attached hydrogen (secondary N) is 1. The fraction of sp³-hybridized carbons (Fsp3) is 0.550. The van der Waals surface area contributed by atoms with E-state index in [1.165, 1.54) is 16.7 Å². The molecule has 2 amide bonds. The van der Waals surface area contributed by atoms with Gasteiger partial charge in [0.1, 0.15) is 11.4 Å². The molecule has 3 unspecified atom stereocenters. The number of carboxylic acids is 1. The van der Waals surface area contributed by atoms with Gasteiger partial charge in [0, 0.05) is 9.77 Å². The Kier molecular flexibility index (Phi) is 6.39. The van der Waals surface area contributed by atoms with Crippen molar-refractivity contribution in [3.8, 4) is 0 Å². The van der Waals surface area contributed by atoms with Gasteiger partial charge < -0.3 is 20.1 Å². The van der Waals surface area contributed by atoms with Gasteiger partial charge in [-0.05, 0) is 44.4 Å². The van der Waals surface area contributed by atoms with Gasteiger partial charge in [0.05, 0.1) is 17.4 Å². The van der Waals surface area contributed by atoms with Gasteiger partial charge in [0.15, 0.2) is 0 Å². The van der Waals surface area contributed by atoms with Crippen LogP contribution in [0.25, 0.3) is 0 Å². The van der Waals surface area contributed by atoms with E-state index in [9.17, 15) is 19.5 Å². The van der Waals surface area contributed by atoms with E-state index in [-0.39, 0.29) is 46.7 Å². The number of fused-ring (bicyclic) bond motifs is 1. The first-order valence-electron chi connectivity index (χ1n) is 9.45. The molecule has 0 spiro atoms. The van der Waals surface area contributed by atoms with Crippen LogP contribution in [0.4, 0.5) is 0 Å². The predicted molar refractivity (Wildman–Crippen MR) is 105 cm³/mol. The number of nitrogens with zero attached hydrogens (tertiary/aromatic N) is 1. The molecule has 1 aromatic carbocycles. The van der Waals surface area contributed by atoms with Crippen molar-refractivity contribution in [1.29, 1.82) is 0 Å². The maximum absolute atomic E-state index is 13.3. The molecule has 1 saturated carbocycles. The van der Waals surface area contributed by atoms with Crippen molar-refractivity contribution in [1.82, 2.24) is 10.2 Å². The quantitative estimate of drug-likeness (QED) is 0.449. The standard InChI is InChI=1S/C20H23ClN2O4S.Na/c1-19(2)14(17(25)26)23-15(24)13(16(23)28-19)22-18(27)20(9-3-4-10-20)11-5-7-12(21)8-6-11;/h5-8,13-14,16H,3-4,9-10H2,1-2H3,(H,22,27)(H,25,26);/q;+1/p-1. The number of amides is 2. The van der Waals surface area contributed by atoms with Crippen LogP contribution in [0.3, 0.4) is 0 Å².